The molecule has 0 fully saturated rings. The summed E-state index contributed by atoms with van der Waals surface area (Å²) >= 11 is 2.38. The number of anilines is 1. The van der Waals surface area contributed by atoms with Gasteiger partial charge >= 0.3 is 0 Å². The van der Waals surface area contributed by atoms with Crippen molar-refractivity contribution in [2.24, 2.45) is 0 Å². The Morgan fingerprint density at radius 1 is 1.07 bits per heavy atom. The maximum Gasteiger partial charge on any atom is 0.0696 e. The van der Waals surface area contributed by atoms with Crippen LogP contribution in [0, 0.1) is 0 Å². The van der Waals surface area contributed by atoms with Crippen LogP contribution in [0.3, 0.4) is 0 Å². The summed E-state index contributed by atoms with van der Waals surface area (Å²) in [5.41, 5.74) is 1.30. The molecule has 72 valence electrons. The molecule has 0 amide bonds. The smallest absolute Gasteiger partial charge is 0.0696 e. The summed E-state index contributed by atoms with van der Waals surface area (Å²) in [7, 11) is 2.12. The predicted molar refractivity (Wildman–Crippen MR) is 71.2 cm³/mol. The molecule has 14 heavy (non-hydrogen) atoms. The van der Waals surface area contributed by atoms with E-state index >= 15 is 0 Å². The van der Waals surface area contributed by atoms with Crippen molar-refractivity contribution >= 4 is 39.1 Å². The summed E-state index contributed by atoms with van der Waals surface area (Å²) in [6.07, 6.45) is 0. The SMILES string of the molecule is CN(CI)c1cccc2ccccc12. The van der Waals surface area contributed by atoms with E-state index in [1.165, 1.54) is 16.5 Å². The molecule has 2 rings (SSSR count). The Morgan fingerprint density at radius 3 is 2.57 bits per heavy atom. The number of hydrogen-bond donors (Lipinski definition) is 0. The van der Waals surface area contributed by atoms with Crippen molar-refractivity contribution in [1.29, 1.82) is 0 Å². The molecule has 2 heteroatoms. The van der Waals surface area contributed by atoms with Crippen molar-refractivity contribution in [2.45, 2.75) is 0 Å². The molecule has 0 aliphatic rings. The molecule has 0 saturated carbocycles. The molecule has 2 aromatic rings. The summed E-state index contributed by atoms with van der Waals surface area (Å²) in [5.74, 6) is 0. The van der Waals surface area contributed by atoms with Crippen LogP contribution in [0.25, 0.3) is 10.8 Å². The molecule has 0 saturated heterocycles. The van der Waals surface area contributed by atoms with E-state index in [4.69, 9.17) is 0 Å². The van der Waals surface area contributed by atoms with Crippen molar-refractivity contribution in [3.63, 3.8) is 0 Å². The molecule has 0 N–H and O–H groups in total. The van der Waals surface area contributed by atoms with Gasteiger partial charge in [0.05, 0.1) is 4.55 Å². The summed E-state index contributed by atoms with van der Waals surface area (Å²) < 4.78 is 1.01. The topological polar surface area (TPSA) is 3.24 Å². The first-order chi connectivity index (χ1) is 6.83. The summed E-state index contributed by atoms with van der Waals surface area (Å²) in [6.45, 7) is 0. The Balaban J connectivity index is 2.65. The Morgan fingerprint density at radius 2 is 1.79 bits per heavy atom. The standard InChI is InChI=1S/C12H12IN/c1-14(9-13)12-8-4-6-10-5-2-3-7-11(10)12/h2-8H,9H2,1H3. The van der Waals surface area contributed by atoms with Crippen LogP contribution in [0.4, 0.5) is 5.69 Å². The van der Waals surface area contributed by atoms with E-state index < -0.39 is 0 Å². The maximum absolute atomic E-state index is 2.38. The van der Waals surface area contributed by atoms with E-state index in [1.807, 2.05) is 0 Å². The van der Waals surface area contributed by atoms with E-state index in [9.17, 15) is 0 Å². The minimum absolute atomic E-state index is 1.01. The van der Waals surface area contributed by atoms with E-state index in [0.29, 0.717) is 0 Å². The molecule has 0 radical (unpaired) electrons. The highest BCUT2D eigenvalue weighted by Crippen LogP contribution is 2.25. The van der Waals surface area contributed by atoms with Gasteiger partial charge in [0.15, 0.2) is 0 Å². The minimum Gasteiger partial charge on any atom is -0.365 e. The second-order valence-corrected chi connectivity index (χ2v) is 4.00. The number of benzene rings is 2. The quantitative estimate of drug-likeness (QED) is 0.464. The molecule has 2 aromatic carbocycles. The van der Waals surface area contributed by atoms with Gasteiger partial charge in [0, 0.05) is 18.1 Å². The lowest BCUT2D eigenvalue weighted by Crippen LogP contribution is -2.13. The van der Waals surface area contributed by atoms with E-state index in [-0.39, 0.29) is 0 Å². The molecular formula is C12H12IN. The van der Waals surface area contributed by atoms with Gasteiger partial charge in [-0.3, -0.25) is 0 Å². The van der Waals surface area contributed by atoms with Gasteiger partial charge in [-0.1, -0.05) is 59.0 Å². The van der Waals surface area contributed by atoms with Crippen LogP contribution in [0.1, 0.15) is 0 Å². The molecule has 0 aliphatic carbocycles. The highest BCUT2D eigenvalue weighted by atomic mass is 127. The zero-order valence-electron chi connectivity index (χ0n) is 8.07. The summed E-state index contributed by atoms with van der Waals surface area (Å²) in [5, 5.41) is 2.64. The van der Waals surface area contributed by atoms with Crippen LogP contribution in [0.5, 0.6) is 0 Å². The van der Waals surface area contributed by atoms with Crippen molar-refractivity contribution in [2.75, 3.05) is 16.5 Å². The molecule has 0 heterocycles. The van der Waals surface area contributed by atoms with Gasteiger partial charge in [-0.25, -0.2) is 0 Å². The fraction of sp³-hybridized carbons (Fsp3) is 0.167. The van der Waals surface area contributed by atoms with Crippen molar-refractivity contribution in [3.05, 3.63) is 42.5 Å². The maximum atomic E-state index is 2.38. The lowest BCUT2D eigenvalue weighted by molar-refractivity contribution is 1.13. The first-order valence-corrected chi connectivity index (χ1v) is 6.10. The van der Waals surface area contributed by atoms with Crippen molar-refractivity contribution < 1.29 is 0 Å². The molecule has 0 bridgehead atoms. The highest BCUT2D eigenvalue weighted by molar-refractivity contribution is 14.1. The van der Waals surface area contributed by atoms with Gasteiger partial charge in [-0.15, -0.1) is 0 Å². The third kappa shape index (κ3) is 1.71. The molecule has 0 aromatic heterocycles. The zero-order valence-corrected chi connectivity index (χ0v) is 10.2. The van der Waals surface area contributed by atoms with Crippen molar-refractivity contribution in [1.82, 2.24) is 0 Å². The van der Waals surface area contributed by atoms with Crippen LogP contribution < -0.4 is 4.90 Å². The number of alkyl halides is 1. The monoisotopic (exact) mass is 297 g/mol. The fourth-order valence-corrected chi connectivity index (χ4v) is 1.97. The lowest BCUT2D eigenvalue weighted by Gasteiger charge is -2.17. The molecule has 0 spiro atoms. The average molecular weight is 297 g/mol. The molecule has 0 unspecified atom stereocenters. The van der Waals surface area contributed by atoms with Crippen LogP contribution in [0.15, 0.2) is 42.5 Å². The first kappa shape index (κ1) is 9.77. The van der Waals surface area contributed by atoms with Gasteiger partial charge < -0.3 is 4.90 Å². The fourth-order valence-electron chi connectivity index (χ4n) is 1.61. The second-order valence-electron chi connectivity index (χ2n) is 3.32. The summed E-state index contributed by atoms with van der Waals surface area (Å²) in [6, 6.07) is 14.9. The van der Waals surface area contributed by atoms with Gasteiger partial charge in [0.25, 0.3) is 0 Å². The Hall–Kier alpha value is -0.770. The number of hydrogen-bond acceptors (Lipinski definition) is 1. The normalized spacial score (nSPS) is 10.4. The average Bonchev–Trinajstić information content (AvgIpc) is 2.27. The van der Waals surface area contributed by atoms with Crippen molar-refractivity contribution in [3.8, 4) is 0 Å². The second kappa shape index (κ2) is 4.17. The molecule has 0 atom stereocenters. The van der Waals surface area contributed by atoms with E-state index in [2.05, 4.69) is 77.0 Å². The summed E-state index contributed by atoms with van der Waals surface area (Å²) in [4.78, 5) is 2.25. The number of rotatable bonds is 2. The van der Waals surface area contributed by atoms with Gasteiger partial charge in [-0.05, 0) is 11.5 Å². The predicted octanol–water partition coefficient (Wildman–Crippen LogP) is 3.67. The van der Waals surface area contributed by atoms with Gasteiger partial charge in [0.2, 0.25) is 0 Å². The molecule has 1 nitrogen and oxygen atoms in total. The Kier molecular flexibility index (Phi) is 2.91. The van der Waals surface area contributed by atoms with Crippen LogP contribution in [-0.2, 0) is 0 Å². The highest BCUT2D eigenvalue weighted by Gasteiger charge is 2.02. The number of halogens is 1. The minimum atomic E-state index is 1.01. The van der Waals surface area contributed by atoms with Crippen LogP contribution in [0.2, 0.25) is 0 Å². The van der Waals surface area contributed by atoms with Gasteiger partial charge in [0.1, 0.15) is 0 Å². The number of nitrogens with zero attached hydrogens (tertiary/aromatic N) is 1. The lowest BCUT2D eigenvalue weighted by atomic mass is 10.1. The van der Waals surface area contributed by atoms with E-state index in [0.717, 1.165) is 4.55 Å². The van der Waals surface area contributed by atoms with E-state index in [1.54, 1.807) is 0 Å². The Labute approximate surface area is 97.9 Å². The Bertz CT molecular complexity index is 434. The molecular weight excluding hydrogens is 285 g/mol. The molecule has 0 aliphatic heterocycles. The number of fused-ring (bicyclic) bond motifs is 1. The van der Waals surface area contributed by atoms with Gasteiger partial charge in [-0.2, -0.15) is 0 Å². The third-order valence-electron chi connectivity index (χ3n) is 2.36. The van der Waals surface area contributed by atoms with Crippen LogP contribution in [-0.4, -0.2) is 11.6 Å². The third-order valence-corrected chi connectivity index (χ3v) is 3.38. The largest absolute Gasteiger partial charge is 0.365 e. The van der Waals surface area contributed by atoms with Crippen LogP contribution >= 0.6 is 22.6 Å². The zero-order chi connectivity index (χ0) is 9.97. The first-order valence-electron chi connectivity index (χ1n) is 4.58.